The predicted octanol–water partition coefficient (Wildman–Crippen LogP) is 2.87. The molecule has 2 aromatic carbocycles. The van der Waals surface area contributed by atoms with Crippen molar-refractivity contribution in [3.05, 3.63) is 75.6 Å². The third-order valence-electron chi connectivity index (χ3n) is 6.25. The van der Waals surface area contributed by atoms with Crippen LogP contribution in [0.5, 0.6) is 0 Å². The second-order valence-electron chi connectivity index (χ2n) is 8.64. The van der Waals surface area contributed by atoms with Crippen molar-refractivity contribution in [2.45, 2.75) is 38.1 Å². The summed E-state index contributed by atoms with van der Waals surface area (Å²) in [6.45, 7) is 3.69. The molecule has 1 amide bonds. The molecule has 4 rings (SSSR count). The quantitative estimate of drug-likeness (QED) is 0.414. The van der Waals surface area contributed by atoms with Gasteiger partial charge in [0.2, 0.25) is 5.91 Å². The van der Waals surface area contributed by atoms with Gasteiger partial charge in [0.05, 0.1) is 10.3 Å². The molecule has 1 aliphatic heterocycles. The lowest BCUT2D eigenvalue weighted by atomic mass is 9.77. The molecule has 1 saturated heterocycles. The largest absolute Gasteiger partial charge is 0.365 e. The smallest absolute Gasteiger partial charge is 0.292 e. The van der Waals surface area contributed by atoms with Crippen LogP contribution in [0.25, 0.3) is 0 Å². The van der Waals surface area contributed by atoms with Gasteiger partial charge in [0, 0.05) is 39.2 Å². The first-order chi connectivity index (χ1) is 15.9. The molecule has 10 heteroatoms. The van der Waals surface area contributed by atoms with Gasteiger partial charge in [-0.3, -0.25) is 14.9 Å². The average Bonchev–Trinajstić information content (AvgIpc) is 3.53. The number of nitrogens with one attached hydrogen (secondary N) is 1. The van der Waals surface area contributed by atoms with Crippen molar-refractivity contribution in [2.24, 2.45) is 0 Å². The molecule has 33 heavy (non-hydrogen) atoms. The van der Waals surface area contributed by atoms with Crippen LogP contribution >= 0.6 is 0 Å². The van der Waals surface area contributed by atoms with Crippen LogP contribution in [0, 0.1) is 10.1 Å². The highest BCUT2D eigenvalue weighted by molar-refractivity contribution is 5.89. The van der Waals surface area contributed by atoms with E-state index in [2.05, 4.69) is 20.6 Å². The molecule has 1 unspecified atom stereocenters. The fraction of sp³-hybridized carbons (Fsp3) is 0.391. The molecule has 1 aromatic heterocycles. The van der Waals surface area contributed by atoms with Crippen molar-refractivity contribution in [3.8, 4) is 0 Å². The first-order valence-electron chi connectivity index (χ1n) is 10.9. The molecule has 1 atom stereocenters. The molecule has 3 aromatic rings. The summed E-state index contributed by atoms with van der Waals surface area (Å²) in [6, 6.07) is 14.8. The highest BCUT2D eigenvalue weighted by atomic mass is 16.6. The van der Waals surface area contributed by atoms with Gasteiger partial charge in [0.1, 0.15) is 5.69 Å². The number of nitrogens with zero attached hydrogens (tertiary/aromatic N) is 6. The predicted molar refractivity (Wildman–Crippen MR) is 123 cm³/mol. The molecule has 0 bridgehead atoms. The number of nitro benzene ring substituents is 1. The lowest BCUT2D eigenvalue weighted by Gasteiger charge is -2.32. The van der Waals surface area contributed by atoms with Gasteiger partial charge < -0.3 is 9.80 Å². The van der Waals surface area contributed by atoms with Crippen LogP contribution in [-0.2, 0) is 23.2 Å². The number of nitro groups is 1. The Balaban J connectivity index is 1.71. The van der Waals surface area contributed by atoms with Gasteiger partial charge >= 0.3 is 0 Å². The van der Waals surface area contributed by atoms with Crippen LogP contribution in [-0.4, -0.2) is 56.5 Å². The minimum absolute atomic E-state index is 0.0421. The number of amides is 1. The summed E-state index contributed by atoms with van der Waals surface area (Å²) >= 11 is 0. The Morgan fingerprint density at radius 3 is 2.58 bits per heavy atom. The summed E-state index contributed by atoms with van der Waals surface area (Å²) in [5, 5.41) is 26.1. The number of rotatable bonds is 8. The summed E-state index contributed by atoms with van der Waals surface area (Å²) in [4.78, 5) is 28.9. The zero-order valence-electron chi connectivity index (χ0n) is 18.8. The maximum atomic E-state index is 13.6. The molecular weight excluding hydrogens is 422 g/mol. The van der Waals surface area contributed by atoms with Gasteiger partial charge in [-0.15, -0.1) is 10.2 Å². The Hall–Kier alpha value is -3.82. The second-order valence-corrected chi connectivity index (χ2v) is 8.64. The zero-order chi connectivity index (χ0) is 23.4. The molecule has 1 N–H and O–H groups in total. The Bertz CT molecular complexity index is 1110. The lowest BCUT2D eigenvalue weighted by Crippen LogP contribution is -2.45. The molecule has 172 valence electrons. The maximum Gasteiger partial charge on any atom is 0.292 e. The molecule has 2 heterocycles. The Morgan fingerprint density at radius 2 is 1.94 bits per heavy atom. The molecule has 10 nitrogen and oxygen atoms in total. The second kappa shape index (κ2) is 9.35. The van der Waals surface area contributed by atoms with E-state index in [1.165, 1.54) is 6.07 Å². The van der Waals surface area contributed by atoms with E-state index in [1.54, 1.807) is 19.1 Å². The van der Waals surface area contributed by atoms with Crippen molar-refractivity contribution in [1.82, 2.24) is 25.5 Å². The molecule has 1 aliphatic rings. The Kier molecular flexibility index (Phi) is 6.34. The third kappa shape index (κ3) is 4.69. The monoisotopic (exact) mass is 449 g/mol. The lowest BCUT2D eigenvalue weighted by molar-refractivity contribution is -0.384. The van der Waals surface area contributed by atoms with Gasteiger partial charge in [0.15, 0.2) is 5.82 Å². The van der Waals surface area contributed by atoms with Crippen LogP contribution in [0.4, 0.5) is 11.4 Å². The number of likely N-dealkylation sites (tertiary alicyclic amines) is 1. The molecule has 0 aliphatic carbocycles. The van der Waals surface area contributed by atoms with E-state index in [-0.39, 0.29) is 18.0 Å². The van der Waals surface area contributed by atoms with E-state index in [0.717, 1.165) is 18.4 Å². The van der Waals surface area contributed by atoms with E-state index < -0.39 is 10.3 Å². The van der Waals surface area contributed by atoms with Gasteiger partial charge in [-0.25, -0.2) is 0 Å². The summed E-state index contributed by atoms with van der Waals surface area (Å²) in [5.74, 6) is 0.308. The first kappa shape index (κ1) is 22.4. The minimum Gasteiger partial charge on any atom is -0.365 e. The van der Waals surface area contributed by atoms with Crippen LogP contribution in [0.15, 0.2) is 48.5 Å². The standard InChI is InChI=1S/C23H27N7O3/c1-23(15-21-24-26-27-25-21,22(31)29-12-6-7-13-29)18-10-11-19(20(14-18)30(32)33)28(2)16-17-8-4-3-5-9-17/h3-5,8-11,14H,6-7,12-13,15-16H2,1-2H3,(H,24,25,26,27). The summed E-state index contributed by atoms with van der Waals surface area (Å²) in [5.41, 5.74) is 0.995. The number of anilines is 1. The number of H-pyrrole nitrogens is 1. The van der Waals surface area contributed by atoms with Crippen molar-refractivity contribution in [1.29, 1.82) is 0 Å². The van der Waals surface area contributed by atoms with E-state index in [1.807, 2.05) is 47.2 Å². The highest BCUT2D eigenvalue weighted by Gasteiger charge is 2.41. The number of hydrogen-bond acceptors (Lipinski definition) is 7. The molecule has 0 spiro atoms. The SMILES string of the molecule is CN(Cc1ccccc1)c1ccc(C(C)(Cc2nn[nH]n2)C(=O)N2CCCC2)cc1[N+](=O)[O-]. The van der Waals surface area contributed by atoms with Crippen LogP contribution in [0.1, 0.15) is 36.7 Å². The fourth-order valence-corrected chi connectivity index (χ4v) is 4.42. The Morgan fingerprint density at radius 1 is 1.21 bits per heavy atom. The number of carbonyl (C=O) groups excluding carboxylic acids is 1. The Labute approximate surface area is 191 Å². The number of tetrazole rings is 1. The molecule has 0 radical (unpaired) electrons. The molecular formula is C23H27N7O3. The summed E-state index contributed by atoms with van der Waals surface area (Å²) in [6.07, 6.45) is 2.09. The average molecular weight is 450 g/mol. The van der Waals surface area contributed by atoms with Crippen molar-refractivity contribution >= 4 is 17.3 Å². The van der Waals surface area contributed by atoms with Gasteiger partial charge in [-0.1, -0.05) is 41.6 Å². The maximum absolute atomic E-state index is 13.6. The van der Waals surface area contributed by atoms with Gasteiger partial charge in [-0.2, -0.15) is 5.21 Å². The summed E-state index contributed by atoms with van der Waals surface area (Å²) in [7, 11) is 1.82. The van der Waals surface area contributed by atoms with Crippen molar-refractivity contribution in [2.75, 3.05) is 25.0 Å². The normalized spacial score (nSPS) is 15.3. The molecule has 1 fully saturated rings. The fourth-order valence-electron chi connectivity index (χ4n) is 4.42. The number of hydrogen-bond donors (Lipinski definition) is 1. The van der Waals surface area contributed by atoms with E-state index in [9.17, 15) is 14.9 Å². The van der Waals surface area contributed by atoms with Crippen LogP contribution < -0.4 is 4.90 Å². The van der Waals surface area contributed by atoms with E-state index in [0.29, 0.717) is 36.7 Å². The number of aromatic nitrogens is 4. The molecule has 0 saturated carbocycles. The summed E-state index contributed by atoms with van der Waals surface area (Å²) < 4.78 is 0. The zero-order valence-corrected chi connectivity index (χ0v) is 18.8. The van der Waals surface area contributed by atoms with E-state index >= 15 is 0 Å². The van der Waals surface area contributed by atoms with Gasteiger partial charge in [-0.05, 0) is 37.0 Å². The third-order valence-corrected chi connectivity index (χ3v) is 6.25. The number of carbonyl (C=O) groups is 1. The van der Waals surface area contributed by atoms with E-state index in [4.69, 9.17) is 0 Å². The van der Waals surface area contributed by atoms with Crippen molar-refractivity contribution in [3.63, 3.8) is 0 Å². The number of benzene rings is 2. The van der Waals surface area contributed by atoms with Crippen molar-refractivity contribution < 1.29 is 9.72 Å². The first-order valence-corrected chi connectivity index (χ1v) is 10.9. The topological polar surface area (TPSA) is 121 Å². The number of aromatic amines is 1. The highest BCUT2D eigenvalue weighted by Crippen LogP contribution is 2.37. The van der Waals surface area contributed by atoms with Crippen LogP contribution in [0.3, 0.4) is 0 Å². The van der Waals surface area contributed by atoms with Gasteiger partial charge in [0.25, 0.3) is 5.69 Å². The van der Waals surface area contributed by atoms with Crippen LogP contribution in [0.2, 0.25) is 0 Å². The minimum atomic E-state index is -1.06.